The molecule has 1 N–H and O–H groups in total. The Hall–Kier alpha value is -1.73. The zero-order valence-corrected chi connectivity index (χ0v) is 18.2. The second kappa shape index (κ2) is 9.18. The number of benzene rings is 2. The molecule has 2 aromatic carbocycles. The molecule has 1 amide bonds. The molecule has 0 spiro atoms. The highest BCUT2D eigenvalue weighted by Gasteiger charge is 2.18. The Morgan fingerprint density at radius 1 is 1.11 bits per heavy atom. The predicted molar refractivity (Wildman–Crippen MR) is 114 cm³/mol. The van der Waals surface area contributed by atoms with E-state index in [1.54, 1.807) is 30.3 Å². The molecular weight excluding hydrogens is 439 g/mol. The minimum absolute atomic E-state index is 0.197. The predicted octanol–water partition coefficient (Wildman–Crippen LogP) is 5.56. The van der Waals surface area contributed by atoms with Crippen molar-refractivity contribution in [3.05, 3.63) is 74.5 Å². The first-order valence-electron chi connectivity index (χ1n) is 8.37. The number of nitrogens with one attached hydrogen (secondary N) is 1. The lowest BCUT2D eigenvalue weighted by Crippen LogP contribution is -2.28. The van der Waals surface area contributed by atoms with Crippen molar-refractivity contribution in [2.24, 2.45) is 7.05 Å². The number of halogens is 3. The van der Waals surface area contributed by atoms with E-state index in [-0.39, 0.29) is 11.9 Å². The van der Waals surface area contributed by atoms with Gasteiger partial charge in [-0.3, -0.25) is 4.79 Å². The van der Waals surface area contributed by atoms with Gasteiger partial charge in [-0.2, -0.15) is 0 Å². The van der Waals surface area contributed by atoms with E-state index in [1.165, 1.54) is 11.8 Å². The van der Waals surface area contributed by atoms with Gasteiger partial charge in [0.25, 0.3) is 5.91 Å². The van der Waals surface area contributed by atoms with Crippen LogP contribution >= 0.6 is 46.6 Å². The van der Waals surface area contributed by atoms with Crippen LogP contribution in [0.1, 0.15) is 34.7 Å². The number of rotatable bonds is 6. The van der Waals surface area contributed by atoms with Gasteiger partial charge >= 0.3 is 0 Å². The maximum Gasteiger partial charge on any atom is 0.251 e. The molecular formula is C19H17Cl3N4OS. The standard InChI is InChI=1S/C19H17Cl3N4OS/c1-11(23-18(27)13-4-6-14(20)7-5-13)17-24-25-19(26(17)2)28-10-12-3-8-15(21)16(22)9-12/h3-9,11H,10H2,1-2H3,(H,23,27). The van der Waals surface area contributed by atoms with E-state index >= 15 is 0 Å². The van der Waals surface area contributed by atoms with Crippen LogP contribution in [0, 0.1) is 0 Å². The van der Waals surface area contributed by atoms with E-state index in [0.717, 1.165) is 10.7 Å². The second-order valence-electron chi connectivity index (χ2n) is 6.14. The average molecular weight is 456 g/mol. The molecule has 1 heterocycles. The van der Waals surface area contributed by atoms with Crippen LogP contribution in [0.25, 0.3) is 0 Å². The van der Waals surface area contributed by atoms with E-state index in [0.29, 0.717) is 32.2 Å². The summed E-state index contributed by atoms with van der Waals surface area (Å²) in [4.78, 5) is 12.4. The first-order valence-corrected chi connectivity index (χ1v) is 10.5. The van der Waals surface area contributed by atoms with Crippen molar-refractivity contribution < 1.29 is 4.79 Å². The summed E-state index contributed by atoms with van der Waals surface area (Å²) in [6.45, 7) is 1.87. The van der Waals surface area contributed by atoms with Crippen molar-refractivity contribution in [1.29, 1.82) is 0 Å². The van der Waals surface area contributed by atoms with Crippen LogP contribution in [0.3, 0.4) is 0 Å². The van der Waals surface area contributed by atoms with Crippen LogP contribution in [0.2, 0.25) is 15.1 Å². The first kappa shape index (κ1) is 21.0. The Balaban J connectivity index is 1.65. The first-order chi connectivity index (χ1) is 13.3. The molecule has 9 heteroatoms. The third kappa shape index (κ3) is 5.00. The summed E-state index contributed by atoms with van der Waals surface area (Å²) in [5, 5.41) is 13.8. The molecule has 146 valence electrons. The quantitative estimate of drug-likeness (QED) is 0.494. The number of hydrogen-bond donors (Lipinski definition) is 1. The molecule has 0 saturated carbocycles. The van der Waals surface area contributed by atoms with E-state index in [9.17, 15) is 4.79 Å². The minimum atomic E-state index is -0.306. The molecule has 3 rings (SSSR count). The summed E-state index contributed by atoms with van der Waals surface area (Å²) in [6.07, 6.45) is 0. The monoisotopic (exact) mass is 454 g/mol. The number of hydrogen-bond acceptors (Lipinski definition) is 4. The third-order valence-electron chi connectivity index (χ3n) is 4.06. The average Bonchev–Trinajstić information content (AvgIpc) is 3.04. The maximum absolute atomic E-state index is 12.4. The van der Waals surface area contributed by atoms with Crippen molar-refractivity contribution in [2.75, 3.05) is 0 Å². The lowest BCUT2D eigenvalue weighted by atomic mass is 10.2. The van der Waals surface area contributed by atoms with Gasteiger partial charge < -0.3 is 9.88 Å². The Labute approximate surface area is 182 Å². The summed E-state index contributed by atoms with van der Waals surface area (Å²) in [7, 11) is 1.87. The van der Waals surface area contributed by atoms with Gasteiger partial charge in [0, 0.05) is 23.4 Å². The number of thioether (sulfide) groups is 1. The van der Waals surface area contributed by atoms with Crippen molar-refractivity contribution in [3.63, 3.8) is 0 Å². The molecule has 0 radical (unpaired) electrons. The number of carbonyl (C=O) groups excluding carboxylic acids is 1. The van der Waals surface area contributed by atoms with E-state index in [1.807, 2.05) is 30.7 Å². The zero-order valence-electron chi connectivity index (χ0n) is 15.1. The molecule has 0 aliphatic rings. The molecule has 1 atom stereocenters. The molecule has 0 aliphatic heterocycles. The summed E-state index contributed by atoms with van der Waals surface area (Å²) in [6, 6.07) is 12.0. The maximum atomic E-state index is 12.4. The summed E-state index contributed by atoms with van der Waals surface area (Å²) >= 11 is 19.4. The van der Waals surface area contributed by atoms with Gasteiger partial charge in [0.15, 0.2) is 11.0 Å². The fraction of sp³-hybridized carbons (Fsp3) is 0.211. The largest absolute Gasteiger partial charge is 0.342 e. The van der Waals surface area contributed by atoms with Crippen LogP contribution in [0.5, 0.6) is 0 Å². The molecule has 0 bridgehead atoms. The molecule has 1 unspecified atom stereocenters. The Morgan fingerprint density at radius 3 is 2.50 bits per heavy atom. The molecule has 5 nitrogen and oxygen atoms in total. The van der Waals surface area contributed by atoms with Gasteiger partial charge in [0.2, 0.25) is 0 Å². The minimum Gasteiger partial charge on any atom is -0.342 e. The normalized spacial score (nSPS) is 12.0. The number of amides is 1. The van der Waals surface area contributed by atoms with Crippen molar-refractivity contribution in [3.8, 4) is 0 Å². The summed E-state index contributed by atoms with van der Waals surface area (Å²) in [5.74, 6) is 1.14. The van der Waals surface area contributed by atoms with E-state index < -0.39 is 0 Å². The number of carbonyl (C=O) groups is 1. The Morgan fingerprint density at radius 2 is 1.82 bits per heavy atom. The van der Waals surface area contributed by atoms with Gasteiger partial charge in [-0.25, -0.2) is 0 Å². The topological polar surface area (TPSA) is 59.8 Å². The van der Waals surface area contributed by atoms with Crippen LogP contribution in [-0.2, 0) is 12.8 Å². The van der Waals surface area contributed by atoms with Gasteiger partial charge in [0.1, 0.15) is 0 Å². The number of nitrogens with zero attached hydrogens (tertiary/aromatic N) is 3. The van der Waals surface area contributed by atoms with Crippen molar-refractivity contribution in [1.82, 2.24) is 20.1 Å². The number of aromatic nitrogens is 3. The SMILES string of the molecule is CC(NC(=O)c1ccc(Cl)cc1)c1nnc(SCc2ccc(Cl)c(Cl)c2)n1C. The third-order valence-corrected chi connectivity index (χ3v) is 6.14. The smallest absolute Gasteiger partial charge is 0.251 e. The van der Waals surface area contributed by atoms with Crippen LogP contribution in [0.15, 0.2) is 47.6 Å². The summed E-state index contributed by atoms with van der Waals surface area (Å²) in [5.41, 5.74) is 1.57. The molecule has 1 aromatic heterocycles. The van der Waals surface area contributed by atoms with Gasteiger partial charge in [-0.1, -0.05) is 52.6 Å². The van der Waals surface area contributed by atoms with Gasteiger partial charge in [-0.05, 0) is 48.9 Å². The van der Waals surface area contributed by atoms with Crippen LogP contribution in [-0.4, -0.2) is 20.7 Å². The molecule has 3 aromatic rings. The highest BCUT2D eigenvalue weighted by Crippen LogP contribution is 2.27. The molecule has 0 saturated heterocycles. The fourth-order valence-corrected chi connectivity index (χ4v) is 3.86. The van der Waals surface area contributed by atoms with E-state index in [2.05, 4.69) is 15.5 Å². The van der Waals surface area contributed by atoms with Crippen molar-refractivity contribution >= 4 is 52.5 Å². The van der Waals surface area contributed by atoms with Crippen molar-refractivity contribution in [2.45, 2.75) is 23.9 Å². The molecule has 28 heavy (non-hydrogen) atoms. The zero-order chi connectivity index (χ0) is 20.3. The highest BCUT2D eigenvalue weighted by molar-refractivity contribution is 7.98. The molecule has 0 fully saturated rings. The highest BCUT2D eigenvalue weighted by atomic mass is 35.5. The fourth-order valence-electron chi connectivity index (χ4n) is 2.55. The molecule has 0 aliphatic carbocycles. The Kier molecular flexibility index (Phi) is 6.88. The lowest BCUT2D eigenvalue weighted by molar-refractivity contribution is 0.0937. The van der Waals surface area contributed by atoms with Crippen LogP contribution in [0.4, 0.5) is 0 Å². The summed E-state index contributed by atoms with van der Waals surface area (Å²) < 4.78 is 1.87. The Bertz CT molecular complexity index is 991. The van der Waals surface area contributed by atoms with Gasteiger partial charge in [-0.15, -0.1) is 10.2 Å². The lowest BCUT2D eigenvalue weighted by Gasteiger charge is -2.13. The van der Waals surface area contributed by atoms with E-state index in [4.69, 9.17) is 34.8 Å². The second-order valence-corrected chi connectivity index (χ2v) is 8.33. The van der Waals surface area contributed by atoms with Crippen LogP contribution < -0.4 is 5.32 Å². The van der Waals surface area contributed by atoms with Gasteiger partial charge in [0.05, 0.1) is 16.1 Å².